The number of rotatable bonds is 4. The number of halogens is 1. The van der Waals surface area contributed by atoms with Crippen LogP contribution in [0.1, 0.15) is 60.8 Å². The largest absolute Gasteiger partial charge is 0.382 e. The standard InChI is InChI=1S/C27H31FN4O2/c1-15-11-26(12-16(2)24(15)34-4)13-19-6-5-18(10-23(33)22-8-7-20(28)14-30-22)9-21(19)27(26)31-17(3)25(29)32-27/h5-9,14-16,24H,10-13H2,1-4H3,(H2,29,32)/t15-,16+,24?,26?,27-/m0/s1. The van der Waals surface area contributed by atoms with Gasteiger partial charge in [0.1, 0.15) is 17.3 Å². The molecule has 2 aliphatic carbocycles. The van der Waals surface area contributed by atoms with Gasteiger partial charge in [-0.05, 0) is 61.3 Å². The van der Waals surface area contributed by atoms with Gasteiger partial charge in [-0.15, -0.1) is 0 Å². The lowest BCUT2D eigenvalue weighted by Crippen LogP contribution is -2.49. The zero-order valence-corrected chi connectivity index (χ0v) is 20.1. The summed E-state index contributed by atoms with van der Waals surface area (Å²) in [7, 11) is 1.79. The van der Waals surface area contributed by atoms with Crippen LogP contribution in [0.5, 0.6) is 0 Å². The van der Waals surface area contributed by atoms with Gasteiger partial charge in [-0.3, -0.25) is 14.8 Å². The van der Waals surface area contributed by atoms with E-state index in [1.807, 2.05) is 13.0 Å². The molecule has 3 aliphatic rings. The first kappa shape index (κ1) is 22.8. The molecule has 0 amide bonds. The Morgan fingerprint density at radius 1 is 1.18 bits per heavy atom. The van der Waals surface area contributed by atoms with Crippen LogP contribution in [-0.4, -0.2) is 35.5 Å². The highest BCUT2D eigenvalue weighted by Crippen LogP contribution is 2.63. The maximum atomic E-state index is 13.2. The highest BCUT2D eigenvalue weighted by Gasteiger charge is 2.62. The predicted octanol–water partition coefficient (Wildman–Crippen LogP) is 4.25. The Morgan fingerprint density at radius 3 is 2.50 bits per heavy atom. The van der Waals surface area contributed by atoms with Gasteiger partial charge in [-0.25, -0.2) is 9.38 Å². The molecule has 34 heavy (non-hydrogen) atoms. The SMILES string of the molecule is COC1[C@H](C)CC2(Cc3ccc(CC(=O)c4ccc(F)cn4)cc3[C@@]23N=C(C)C(N)=N3)C[C@@H]1C. The quantitative estimate of drug-likeness (QED) is 0.688. The number of carbonyl (C=O) groups is 1. The molecule has 1 aliphatic heterocycles. The van der Waals surface area contributed by atoms with Crippen molar-refractivity contribution in [3.63, 3.8) is 0 Å². The van der Waals surface area contributed by atoms with Crippen molar-refractivity contribution in [1.82, 2.24) is 4.98 Å². The fourth-order valence-electron chi connectivity index (χ4n) is 6.74. The number of fused-ring (bicyclic) bond motifs is 3. The number of pyridine rings is 1. The molecule has 6 nitrogen and oxygen atoms in total. The van der Waals surface area contributed by atoms with E-state index < -0.39 is 11.5 Å². The fraction of sp³-hybridized carbons (Fsp3) is 0.481. The van der Waals surface area contributed by atoms with Gasteiger partial charge in [0, 0.05) is 24.5 Å². The number of benzene rings is 1. The molecule has 0 radical (unpaired) electrons. The molecule has 5 rings (SSSR count). The van der Waals surface area contributed by atoms with Crippen molar-refractivity contribution in [2.45, 2.75) is 58.2 Å². The number of methoxy groups -OCH3 is 1. The lowest BCUT2D eigenvalue weighted by molar-refractivity contribution is -0.0729. The third kappa shape index (κ3) is 3.40. The smallest absolute Gasteiger partial charge is 0.185 e. The monoisotopic (exact) mass is 462 g/mol. The van der Waals surface area contributed by atoms with E-state index in [2.05, 4.69) is 31.0 Å². The lowest BCUT2D eigenvalue weighted by atomic mass is 9.59. The third-order valence-corrected chi connectivity index (χ3v) is 8.00. The molecule has 5 atom stereocenters. The van der Waals surface area contributed by atoms with E-state index in [1.54, 1.807) is 7.11 Å². The van der Waals surface area contributed by atoms with E-state index in [1.165, 1.54) is 17.7 Å². The zero-order valence-electron chi connectivity index (χ0n) is 20.1. The number of ketones is 1. The molecule has 2 unspecified atom stereocenters. The number of amidine groups is 1. The second kappa shape index (κ2) is 8.08. The van der Waals surface area contributed by atoms with Crippen molar-refractivity contribution in [3.05, 3.63) is 64.7 Å². The van der Waals surface area contributed by atoms with Crippen LogP contribution < -0.4 is 5.73 Å². The second-order valence-electron chi connectivity index (χ2n) is 10.3. The summed E-state index contributed by atoms with van der Waals surface area (Å²) >= 11 is 0. The number of aromatic nitrogens is 1. The van der Waals surface area contributed by atoms with E-state index in [-0.39, 0.29) is 29.4 Å². The van der Waals surface area contributed by atoms with Crippen LogP contribution in [0.4, 0.5) is 4.39 Å². The van der Waals surface area contributed by atoms with Gasteiger partial charge in [0.2, 0.25) is 0 Å². The molecule has 2 heterocycles. The van der Waals surface area contributed by atoms with E-state index in [9.17, 15) is 9.18 Å². The number of aliphatic imine (C=N–C) groups is 2. The number of hydrogen-bond acceptors (Lipinski definition) is 6. The first-order valence-corrected chi connectivity index (χ1v) is 11.9. The summed E-state index contributed by atoms with van der Waals surface area (Å²) in [5.41, 5.74) is 9.49. The van der Waals surface area contributed by atoms with Gasteiger partial charge in [0.25, 0.3) is 0 Å². The Morgan fingerprint density at radius 2 is 1.91 bits per heavy atom. The summed E-state index contributed by atoms with van der Waals surface area (Å²) in [5.74, 6) is 0.589. The van der Waals surface area contributed by atoms with E-state index in [4.69, 9.17) is 20.5 Å². The summed E-state index contributed by atoms with van der Waals surface area (Å²) in [6.07, 6.45) is 4.19. The number of nitrogens with zero attached hydrogens (tertiary/aromatic N) is 3. The number of ether oxygens (including phenoxy) is 1. The maximum Gasteiger partial charge on any atom is 0.185 e. The molecule has 1 aromatic carbocycles. The Labute approximate surface area is 199 Å². The van der Waals surface area contributed by atoms with Crippen molar-refractivity contribution in [2.75, 3.05) is 7.11 Å². The molecule has 0 saturated heterocycles. The summed E-state index contributed by atoms with van der Waals surface area (Å²) in [6.45, 7) is 6.42. The summed E-state index contributed by atoms with van der Waals surface area (Å²) in [6, 6.07) is 8.86. The van der Waals surface area contributed by atoms with Crippen LogP contribution in [0.25, 0.3) is 0 Å². The summed E-state index contributed by atoms with van der Waals surface area (Å²) < 4.78 is 19.1. The molecular weight excluding hydrogens is 431 g/mol. The van der Waals surface area contributed by atoms with Crippen LogP contribution in [0.3, 0.4) is 0 Å². The van der Waals surface area contributed by atoms with Crippen LogP contribution in [0.2, 0.25) is 0 Å². The Hall–Kier alpha value is -2.93. The van der Waals surface area contributed by atoms with E-state index >= 15 is 0 Å². The molecule has 2 aromatic rings. The summed E-state index contributed by atoms with van der Waals surface area (Å²) in [4.78, 5) is 26.9. The van der Waals surface area contributed by atoms with Gasteiger partial charge in [0.15, 0.2) is 11.4 Å². The van der Waals surface area contributed by atoms with E-state index in [0.29, 0.717) is 17.7 Å². The minimum atomic E-state index is -0.773. The molecule has 178 valence electrons. The Kier molecular flexibility index (Phi) is 5.43. The van der Waals surface area contributed by atoms with Crippen molar-refractivity contribution < 1.29 is 13.9 Å². The van der Waals surface area contributed by atoms with Crippen LogP contribution >= 0.6 is 0 Å². The minimum Gasteiger partial charge on any atom is -0.382 e. The fourth-order valence-corrected chi connectivity index (χ4v) is 6.74. The molecule has 7 heteroatoms. The molecule has 1 fully saturated rings. The lowest BCUT2D eigenvalue weighted by Gasteiger charge is -2.49. The van der Waals surface area contributed by atoms with Crippen LogP contribution in [0.15, 0.2) is 46.5 Å². The van der Waals surface area contributed by atoms with Crippen molar-refractivity contribution in [3.8, 4) is 0 Å². The van der Waals surface area contributed by atoms with Gasteiger partial charge in [-0.1, -0.05) is 32.0 Å². The maximum absolute atomic E-state index is 13.2. The minimum absolute atomic E-state index is 0.154. The van der Waals surface area contributed by atoms with Crippen LogP contribution in [0, 0.1) is 23.1 Å². The van der Waals surface area contributed by atoms with Crippen molar-refractivity contribution in [2.24, 2.45) is 33.0 Å². The average molecular weight is 463 g/mol. The zero-order chi connectivity index (χ0) is 24.3. The van der Waals surface area contributed by atoms with Gasteiger partial charge >= 0.3 is 0 Å². The molecule has 2 spiro atoms. The van der Waals surface area contributed by atoms with E-state index in [0.717, 1.165) is 42.3 Å². The predicted molar refractivity (Wildman–Crippen MR) is 130 cm³/mol. The molecule has 0 bridgehead atoms. The number of hydrogen-bond donors (Lipinski definition) is 1. The molecular formula is C27H31FN4O2. The molecule has 1 aromatic heterocycles. The summed E-state index contributed by atoms with van der Waals surface area (Å²) in [5, 5.41) is 0. The normalized spacial score (nSPS) is 32.1. The van der Waals surface area contributed by atoms with Gasteiger partial charge < -0.3 is 10.5 Å². The topological polar surface area (TPSA) is 89.9 Å². The van der Waals surface area contributed by atoms with Gasteiger partial charge in [-0.2, -0.15) is 0 Å². The van der Waals surface area contributed by atoms with Gasteiger partial charge in [0.05, 0.1) is 18.0 Å². The number of nitrogens with two attached hydrogens (primary N) is 1. The first-order chi connectivity index (χ1) is 16.2. The highest BCUT2D eigenvalue weighted by molar-refractivity contribution is 6.41. The first-order valence-electron chi connectivity index (χ1n) is 11.9. The number of carbonyl (C=O) groups excluding carboxylic acids is 1. The van der Waals surface area contributed by atoms with Crippen molar-refractivity contribution >= 4 is 17.3 Å². The van der Waals surface area contributed by atoms with Crippen molar-refractivity contribution in [1.29, 1.82) is 0 Å². The molecule has 2 N–H and O–H groups in total. The Bertz CT molecular complexity index is 1170. The average Bonchev–Trinajstić information content (AvgIpc) is 3.22. The third-order valence-electron chi connectivity index (χ3n) is 8.00. The number of Topliss-reactive ketones (excluding diaryl/α,β-unsaturated/α-hetero) is 1. The van der Waals surface area contributed by atoms with Crippen LogP contribution in [-0.2, 0) is 23.2 Å². The second-order valence-corrected chi connectivity index (χ2v) is 10.3. The molecule has 1 saturated carbocycles. The highest BCUT2D eigenvalue weighted by atomic mass is 19.1. The Balaban J connectivity index is 1.55.